The summed E-state index contributed by atoms with van der Waals surface area (Å²) >= 11 is 0. The van der Waals surface area contributed by atoms with Gasteiger partial charge in [-0.15, -0.1) is 0 Å². The molecule has 4 aliphatic carbocycles. The number of ketones is 3. The molecule has 0 heterocycles. The van der Waals surface area contributed by atoms with Crippen LogP contribution < -0.4 is 0 Å². The van der Waals surface area contributed by atoms with Crippen LogP contribution in [-0.2, 0) is 14.4 Å². The van der Waals surface area contributed by atoms with Crippen molar-refractivity contribution < 1.29 is 14.4 Å². The molecule has 136 valence electrons. The lowest BCUT2D eigenvalue weighted by Gasteiger charge is -2.62. The molecule has 6 atom stereocenters. The molecule has 0 radical (unpaired) electrons. The molecule has 0 aromatic carbocycles. The number of hydrogen-bond donors (Lipinski definition) is 0. The molecule has 3 fully saturated rings. The predicted octanol–water partition coefficient (Wildman–Crippen LogP) is 4.29. The molecule has 0 bridgehead atoms. The van der Waals surface area contributed by atoms with Gasteiger partial charge in [-0.05, 0) is 73.2 Å². The number of hydrogen-bond acceptors (Lipinski definition) is 3. The van der Waals surface area contributed by atoms with Crippen LogP contribution in [0.4, 0.5) is 0 Å². The fraction of sp³-hybridized carbons (Fsp3) is 0.773. The van der Waals surface area contributed by atoms with Gasteiger partial charge in [-0.2, -0.15) is 0 Å². The quantitative estimate of drug-likeness (QED) is 0.714. The lowest BCUT2D eigenvalue weighted by Crippen LogP contribution is -2.58. The highest BCUT2D eigenvalue weighted by Gasteiger charge is 2.66. The van der Waals surface area contributed by atoms with E-state index in [-0.39, 0.29) is 33.7 Å². The SMILES string of the molecule is CC(=O)[C@H]1CC[C@@H]2[C@]1(C)CC[C@H]1[C@@]2(C)CC(=O)C2=CC(=O)CC[C@@]21C. The maximum atomic E-state index is 13.1. The van der Waals surface area contributed by atoms with E-state index >= 15 is 0 Å². The molecule has 4 aliphatic rings. The highest BCUT2D eigenvalue weighted by atomic mass is 16.1. The van der Waals surface area contributed by atoms with E-state index < -0.39 is 0 Å². The van der Waals surface area contributed by atoms with E-state index in [1.54, 1.807) is 13.0 Å². The van der Waals surface area contributed by atoms with Gasteiger partial charge in [0.2, 0.25) is 0 Å². The van der Waals surface area contributed by atoms with Crippen molar-refractivity contribution >= 4 is 17.3 Å². The Labute approximate surface area is 150 Å². The van der Waals surface area contributed by atoms with E-state index in [0.717, 1.165) is 37.7 Å². The van der Waals surface area contributed by atoms with Gasteiger partial charge in [0, 0.05) is 24.3 Å². The maximum Gasteiger partial charge on any atom is 0.160 e. The summed E-state index contributed by atoms with van der Waals surface area (Å²) in [6.07, 6.45) is 7.78. The Morgan fingerprint density at radius 2 is 1.72 bits per heavy atom. The van der Waals surface area contributed by atoms with E-state index in [9.17, 15) is 14.4 Å². The standard InChI is InChI=1S/C22H30O3/c1-13(23)15-5-6-18-20(15,2)10-8-19-21(3)9-7-14(24)11-16(21)17(25)12-22(18,19)4/h11,15,18-19H,5-10,12H2,1-4H3/t15-,18-,19-,20-,21+,22+/m1/s1. The monoisotopic (exact) mass is 342 g/mol. The number of fused-ring (bicyclic) bond motifs is 5. The van der Waals surface area contributed by atoms with Gasteiger partial charge in [-0.25, -0.2) is 0 Å². The highest BCUT2D eigenvalue weighted by molar-refractivity contribution is 6.06. The number of carbonyl (C=O) groups excluding carboxylic acids is 3. The van der Waals surface area contributed by atoms with Crippen molar-refractivity contribution in [3.05, 3.63) is 11.6 Å². The Bertz CT molecular complexity index is 704. The topological polar surface area (TPSA) is 51.2 Å². The average Bonchev–Trinajstić information content (AvgIpc) is 2.87. The van der Waals surface area contributed by atoms with Gasteiger partial charge in [0.25, 0.3) is 0 Å². The molecule has 3 heteroatoms. The predicted molar refractivity (Wildman–Crippen MR) is 95.9 cm³/mol. The van der Waals surface area contributed by atoms with Crippen LogP contribution in [0, 0.1) is 34.0 Å². The lowest BCUT2D eigenvalue weighted by molar-refractivity contribution is -0.149. The van der Waals surface area contributed by atoms with Crippen LogP contribution in [0.25, 0.3) is 0 Å². The summed E-state index contributed by atoms with van der Waals surface area (Å²) in [5, 5.41) is 0. The van der Waals surface area contributed by atoms with E-state index in [1.807, 2.05) is 0 Å². The van der Waals surface area contributed by atoms with Crippen LogP contribution in [0.15, 0.2) is 11.6 Å². The van der Waals surface area contributed by atoms with Gasteiger partial charge in [0.15, 0.2) is 11.6 Å². The van der Waals surface area contributed by atoms with Crippen LogP contribution in [0.3, 0.4) is 0 Å². The van der Waals surface area contributed by atoms with Crippen molar-refractivity contribution in [3.63, 3.8) is 0 Å². The van der Waals surface area contributed by atoms with Gasteiger partial charge in [-0.1, -0.05) is 20.8 Å². The zero-order valence-corrected chi connectivity index (χ0v) is 16.0. The Morgan fingerprint density at radius 1 is 1.00 bits per heavy atom. The van der Waals surface area contributed by atoms with Crippen LogP contribution >= 0.6 is 0 Å². The number of rotatable bonds is 1. The van der Waals surface area contributed by atoms with Crippen molar-refractivity contribution in [3.8, 4) is 0 Å². The third kappa shape index (κ3) is 2.07. The molecule has 3 saturated carbocycles. The smallest absolute Gasteiger partial charge is 0.160 e. The van der Waals surface area contributed by atoms with Gasteiger partial charge in [0.05, 0.1) is 0 Å². The molecule has 0 amide bonds. The molecule has 0 aliphatic heterocycles. The summed E-state index contributed by atoms with van der Waals surface area (Å²) < 4.78 is 0. The maximum absolute atomic E-state index is 13.1. The van der Waals surface area contributed by atoms with Crippen molar-refractivity contribution in [1.82, 2.24) is 0 Å². The Balaban J connectivity index is 1.79. The summed E-state index contributed by atoms with van der Waals surface area (Å²) in [5.41, 5.74) is 0.643. The Kier molecular flexibility index (Phi) is 3.53. The lowest BCUT2D eigenvalue weighted by atomic mass is 9.41. The molecule has 0 spiro atoms. The minimum Gasteiger partial charge on any atom is -0.300 e. The Morgan fingerprint density at radius 3 is 2.40 bits per heavy atom. The first-order chi connectivity index (χ1) is 11.6. The number of carbonyl (C=O) groups is 3. The van der Waals surface area contributed by atoms with Gasteiger partial charge in [0.1, 0.15) is 5.78 Å². The minimum absolute atomic E-state index is 0.0409. The van der Waals surface area contributed by atoms with E-state index in [4.69, 9.17) is 0 Å². The second-order valence-electron chi connectivity index (χ2n) is 9.94. The largest absolute Gasteiger partial charge is 0.300 e. The molecule has 0 aromatic heterocycles. The number of Topliss-reactive ketones (excluding diaryl/α,β-unsaturated/α-hetero) is 2. The summed E-state index contributed by atoms with van der Waals surface area (Å²) in [6.45, 7) is 8.60. The van der Waals surface area contributed by atoms with E-state index in [1.165, 1.54) is 0 Å². The third-order valence-corrected chi connectivity index (χ3v) is 8.81. The summed E-state index contributed by atoms with van der Waals surface area (Å²) in [4.78, 5) is 37.2. The first-order valence-corrected chi connectivity index (χ1v) is 9.91. The van der Waals surface area contributed by atoms with Crippen molar-refractivity contribution in [2.45, 2.75) is 72.6 Å². The molecule has 3 nitrogen and oxygen atoms in total. The van der Waals surface area contributed by atoms with E-state index in [0.29, 0.717) is 30.5 Å². The first kappa shape index (κ1) is 17.2. The summed E-state index contributed by atoms with van der Waals surface area (Å²) in [7, 11) is 0. The molecule has 4 rings (SSSR count). The third-order valence-electron chi connectivity index (χ3n) is 8.81. The van der Waals surface area contributed by atoms with Crippen LogP contribution in [0.5, 0.6) is 0 Å². The van der Waals surface area contributed by atoms with Crippen molar-refractivity contribution in [2.75, 3.05) is 0 Å². The average molecular weight is 342 g/mol. The second kappa shape index (κ2) is 5.14. The second-order valence-corrected chi connectivity index (χ2v) is 9.94. The zero-order chi connectivity index (χ0) is 18.2. The molecule has 0 aromatic rings. The van der Waals surface area contributed by atoms with Crippen molar-refractivity contribution in [2.24, 2.45) is 34.0 Å². The summed E-state index contributed by atoms with van der Waals surface area (Å²) in [6, 6.07) is 0. The fourth-order valence-corrected chi connectivity index (χ4v) is 7.77. The Hall–Kier alpha value is -1.25. The zero-order valence-electron chi connectivity index (χ0n) is 16.0. The van der Waals surface area contributed by atoms with Crippen LogP contribution in [0.1, 0.15) is 72.6 Å². The molecular formula is C22H30O3. The summed E-state index contributed by atoms with van der Waals surface area (Å²) in [5.74, 6) is 1.66. The van der Waals surface area contributed by atoms with Crippen LogP contribution in [0.2, 0.25) is 0 Å². The number of allylic oxidation sites excluding steroid dienone is 1. The molecule has 0 unspecified atom stereocenters. The highest BCUT2D eigenvalue weighted by Crippen LogP contribution is 2.71. The van der Waals surface area contributed by atoms with Gasteiger partial charge < -0.3 is 0 Å². The van der Waals surface area contributed by atoms with Crippen LogP contribution in [-0.4, -0.2) is 17.3 Å². The van der Waals surface area contributed by atoms with E-state index in [2.05, 4.69) is 20.8 Å². The fourth-order valence-electron chi connectivity index (χ4n) is 7.77. The van der Waals surface area contributed by atoms with Crippen molar-refractivity contribution in [1.29, 1.82) is 0 Å². The van der Waals surface area contributed by atoms with Gasteiger partial charge in [-0.3, -0.25) is 14.4 Å². The molecular weight excluding hydrogens is 312 g/mol. The molecule has 0 saturated heterocycles. The minimum atomic E-state index is -0.159. The first-order valence-electron chi connectivity index (χ1n) is 9.91. The molecule has 0 N–H and O–H groups in total. The normalized spacial score (nSPS) is 49.1. The molecule has 25 heavy (non-hydrogen) atoms. The van der Waals surface area contributed by atoms with Gasteiger partial charge >= 0.3 is 0 Å².